The number of urea groups is 1. The molecule has 35 heavy (non-hydrogen) atoms. The molecule has 0 fully saturated rings. The first-order valence-electron chi connectivity index (χ1n) is 11.0. The topological polar surface area (TPSA) is 84.0 Å². The van der Waals surface area contributed by atoms with Crippen molar-refractivity contribution in [2.24, 2.45) is 0 Å². The number of nitrogens with zero attached hydrogens (tertiary/aromatic N) is 2. The fourth-order valence-electron chi connectivity index (χ4n) is 4.33. The Bertz CT molecular complexity index is 1770. The van der Waals surface area contributed by atoms with Crippen LogP contribution in [0.3, 0.4) is 0 Å². The maximum atomic E-state index is 12.5. The van der Waals surface area contributed by atoms with E-state index in [1.165, 1.54) is 40.3 Å². The number of carbonyl (C=O) groups excluding carboxylic acids is 2. The second kappa shape index (κ2) is 8.70. The highest BCUT2D eigenvalue weighted by molar-refractivity contribution is 8.12. The van der Waals surface area contributed by atoms with Gasteiger partial charge in [-0.2, -0.15) is 0 Å². The number of rotatable bonds is 2. The van der Waals surface area contributed by atoms with Gasteiger partial charge in [0, 0.05) is 29.7 Å². The molecule has 1 aromatic heterocycles. The molecule has 1 heterocycles. The predicted molar refractivity (Wildman–Crippen MR) is 143 cm³/mol. The predicted octanol–water partition coefficient (Wildman–Crippen LogP) is 6.70. The van der Waals surface area contributed by atoms with Crippen LogP contribution in [0.15, 0.2) is 97.6 Å². The zero-order chi connectivity index (χ0) is 23.8. The first-order chi connectivity index (χ1) is 17.2. The van der Waals surface area contributed by atoms with Crippen LogP contribution in [0, 0.1) is 0 Å². The first-order valence-corrected chi connectivity index (χ1v) is 11.8. The van der Waals surface area contributed by atoms with E-state index in [4.69, 9.17) is 0 Å². The van der Waals surface area contributed by atoms with Gasteiger partial charge in [-0.1, -0.05) is 48.5 Å². The van der Waals surface area contributed by atoms with Crippen molar-refractivity contribution in [2.45, 2.75) is 0 Å². The lowest BCUT2D eigenvalue weighted by atomic mass is 9.95. The maximum Gasteiger partial charge on any atom is 0.329 e. The summed E-state index contributed by atoms with van der Waals surface area (Å²) in [5.74, 6) is 0. The van der Waals surface area contributed by atoms with Gasteiger partial charge in [-0.05, 0) is 68.0 Å². The van der Waals surface area contributed by atoms with Crippen molar-refractivity contribution < 1.29 is 9.59 Å². The summed E-state index contributed by atoms with van der Waals surface area (Å²) >= 11 is 0.686. The number of hydrogen-bond donors (Lipinski definition) is 2. The van der Waals surface area contributed by atoms with Crippen LogP contribution in [0.4, 0.5) is 10.5 Å². The molecule has 2 N–H and O–H groups in total. The Morgan fingerprint density at radius 1 is 0.657 bits per heavy atom. The molecule has 0 atom stereocenters. The third-order valence-corrected chi connectivity index (χ3v) is 6.69. The van der Waals surface area contributed by atoms with E-state index in [1.54, 1.807) is 0 Å². The van der Waals surface area contributed by atoms with Crippen LogP contribution >= 0.6 is 11.9 Å². The highest BCUT2D eigenvalue weighted by Gasteiger charge is 2.12. The minimum atomic E-state index is -0.488. The van der Waals surface area contributed by atoms with Crippen LogP contribution in [0.1, 0.15) is 10.4 Å². The lowest BCUT2D eigenvalue weighted by Gasteiger charge is -2.12. The number of aromatic nitrogens is 2. The van der Waals surface area contributed by atoms with E-state index >= 15 is 0 Å². The summed E-state index contributed by atoms with van der Waals surface area (Å²) in [6.07, 6.45) is 4.16. The van der Waals surface area contributed by atoms with E-state index in [0.717, 1.165) is 21.5 Å². The normalized spacial score (nSPS) is 11.2. The van der Waals surface area contributed by atoms with Crippen molar-refractivity contribution in [3.63, 3.8) is 0 Å². The fourth-order valence-corrected chi connectivity index (χ4v) is 4.79. The van der Waals surface area contributed by atoms with E-state index < -0.39 is 6.03 Å². The molecule has 0 aliphatic carbocycles. The van der Waals surface area contributed by atoms with Gasteiger partial charge in [0.15, 0.2) is 0 Å². The summed E-state index contributed by atoms with van der Waals surface area (Å²) in [5.41, 5.74) is 0.978. The number of amides is 2. The van der Waals surface area contributed by atoms with Crippen LogP contribution in [-0.4, -0.2) is 21.1 Å². The largest absolute Gasteiger partial charge is 0.329 e. The number of anilines is 1. The van der Waals surface area contributed by atoms with E-state index in [9.17, 15) is 9.59 Å². The lowest BCUT2D eigenvalue weighted by molar-refractivity contribution is 0.108. The van der Waals surface area contributed by atoms with Crippen LogP contribution in [0.25, 0.3) is 43.1 Å². The molecule has 6 aromatic rings. The average molecular weight is 475 g/mol. The van der Waals surface area contributed by atoms with Gasteiger partial charge in [0.25, 0.3) is 0 Å². The zero-order valence-electron chi connectivity index (χ0n) is 18.4. The molecule has 0 bridgehead atoms. The van der Waals surface area contributed by atoms with E-state index in [1.807, 2.05) is 18.2 Å². The van der Waals surface area contributed by atoms with Gasteiger partial charge in [-0.3, -0.25) is 9.52 Å². The minimum absolute atomic E-state index is 0.314. The first kappa shape index (κ1) is 21.1. The van der Waals surface area contributed by atoms with Gasteiger partial charge in [0.05, 0.1) is 11.3 Å². The van der Waals surface area contributed by atoms with Crippen LogP contribution < -0.4 is 10.0 Å². The SMILES string of the molecule is O=C(NSC(=O)c1cncnc1)Nc1cccc2cc3c(ccc4cc5ccccc5cc43)cc12. The van der Waals surface area contributed by atoms with Crippen molar-refractivity contribution in [2.75, 3.05) is 5.32 Å². The zero-order valence-corrected chi connectivity index (χ0v) is 19.2. The molecule has 0 spiro atoms. The summed E-state index contributed by atoms with van der Waals surface area (Å²) in [7, 11) is 0. The van der Waals surface area contributed by atoms with Crippen molar-refractivity contribution in [3.05, 3.63) is 103 Å². The summed E-state index contributed by atoms with van der Waals surface area (Å²) < 4.78 is 2.53. The highest BCUT2D eigenvalue weighted by atomic mass is 32.2. The lowest BCUT2D eigenvalue weighted by Crippen LogP contribution is -2.24. The molecule has 7 heteroatoms. The van der Waals surface area contributed by atoms with Gasteiger partial charge < -0.3 is 5.32 Å². The molecular weight excluding hydrogens is 456 g/mol. The van der Waals surface area contributed by atoms with Gasteiger partial charge in [-0.15, -0.1) is 0 Å². The second-order valence-electron chi connectivity index (χ2n) is 8.16. The monoisotopic (exact) mass is 474 g/mol. The maximum absolute atomic E-state index is 12.5. The van der Waals surface area contributed by atoms with Crippen molar-refractivity contribution in [1.82, 2.24) is 14.7 Å². The Labute approximate surface area is 204 Å². The third kappa shape index (κ3) is 4.02. The molecule has 2 amide bonds. The Morgan fingerprint density at radius 2 is 1.26 bits per heavy atom. The molecule has 0 saturated carbocycles. The number of carbonyl (C=O) groups is 2. The van der Waals surface area contributed by atoms with Crippen LogP contribution in [-0.2, 0) is 0 Å². The standard InChI is InChI=1S/C28H18N4O2S/c33-27(22-14-29-16-30-15-22)35-32-28(34)31-26-7-3-6-19-12-24-21(13-25(19)26)9-8-20-10-17-4-1-2-5-18(17)11-23(20)24/h1-16H,(H2,31,32,34). The van der Waals surface area contributed by atoms with Gasteiger partial charge in [0.2, 0.25) is 5.12 Å². The van der Waals surface area contributed by atoms with Crippen molar-refractivity contribution in [1.29, 1.82) is 0 Å². The summed E-state index contributed by atoms with van der Waals surface area (Å²) in [5, 5.41) is 11.5. The Balaban J connectivity index is 1.33. The number of hydrogen-bond acceptors (Lipinski definition) is 5. The fraction of sp³-hybridized carbons (Fsp3) is 0. The van der Waals surface area contributed by atoms with Crippen molar-refractivity contribution in [3.8, 4) is 0 Å². The highest BCUT2D eigenvalue weighted by Crippen LogP contribution is 2.34. The minimum Gasteiger partial charge on any atom is -0.307 e. The molecule has 0 saturated heterocycles. The summed E-state index contributed by atoms with van der Waals surface area (Å²) in [6, 6.07) is 26.6. The Morgan fingerprint density at radius 3 is 2.03 bits per heavy atom. The van der Waals surface area contributed by atoms with Crippen LogP contribution in [0.2, 0.25) is 0 Å². The summed E-state index contributed by atoms with van der Waals surface area (Å²) in [6.45, 7) is 0. The molecule has 0 aliphatic heterocycles. The van der Waals surface area contributed by atoms with Crippen LogP contribution in [0.5, 0.6) is 0 Å². The van der Waals surface area contributed by atoms with E-state index in [-0.39, 0.29) is 5.12 Å². The third-order valence-electron chi connectivity index (χ3n) is 5.98. The smallest absolute Gasteiger partial charge is 0.307 e. The molecule has 0 aliphatic rings. The molecule has 6 rings (SSSR count). The number of nitrogens with one attached hydrogen (secondary N) is 2. The number of fused-ring (bicyclic) bond motifs is 5. The molecule has 6 nitrogen and oxygen atoms in total. The summed E-state index contributed by atoms with van der Waals surface area (Å²) in [4.78, 5) is 32.4. The van der Waals surface area contributed by atoms with Gasteiger partial charge in [0.1, 0.15) is 6.33 Å². The second-order valence-corrected chi connectivity index (χ2v) is 8.94. The molecular formula is C28H18N4O2S. The molecule has 0 unspecified atom stereocenters. The molecule has 0 radical (unpaired) electrons. The van der Waals surface area contributed by atoms with E-state index in [0.29, 0.717) is 23.2 Å². The quantitative estimate of drug-likeness (QED) is 0.166. The Kier molecular flexibility index (Phi) is 5.24. The Hall–Kier alpha value is -4.49. The van der Waals surface area contributed by atoms with Gasteiger partial charge in [-0.25, -0.2) is 14.8 Å². The number of benzene rings is 5. The van der Waals surface area contributed by atoms with Gasteiger partial charge >= 0.3 is 6.03 Å². The van der Waals surface area contributed by atoms with E-state index in [2.05, 4.69) is 80.7 Å². The average Bonchev–Trinajstić information content (AvgIpc) is 2.90. The molecule has 168 valence electrons. The molecule has 5 aromatic carbocycles. The van der Waals surface area contributed by atoms with Crippen molar-refractivity contribution >= 4 is 71.9 Å².